The van der Waals surface area contributed by atoms with Crippen LogP contribution in [0, 0.1) is 12.8 Å². The van der Waals surface area contributed by atoms with Crippen molar-refractivity contribution in [3.8, 4) is 0 Å². The van der Waals surface area contributed by atoms with Crippen LogP contribution < -0.4 is 0 Å². The van der Waals surface area contributed by atoms with Crippen LogP contribution >= 0.6 is 15.9 Å². The molecule has 1 aliphatic heterocycles. The molecule has 102 valence electrons. The molecule has 1 aromatic rings. The molecule has 0 radical (unpaired) electrons. The molecule has 4 heteroatoms. The van der Waals surface area contributed by atoms with Crippen molar-refractivity contribution in [2.75, 3.05) is 6.54 Å². The summed E-state index contributed by atoms with van der Waals surface area (Å²) < 4.78 is 0.898. The summed E-state index contributed by atoms with van der Waals surface area (Å²) in [5, 5.41) is 0. The number of amides is 2. The minimum absolute atomic E-state index is 0.0415. The minimum Gasteiger partial charge on any atom is -0.278 e. The fourth-order valence-electron chi connectivity index (χ4n) is 2.46. The summed E-state index contributed by atoms with van der Waals surface area (Å²) in [6.07, 6.45) is 2.57. The highest BCUT2D eigenvalue weighted by Gasteiger charge is 2.33. The van der Waals surface area contributed by atoms with E-state index in [9.17, 15) is 9.59 Å². The lowest BCUT2D eigenvalue weighted by Crippen LogP contribution is -2.32. The molecule has 2 rings (SSSR count). The number of aryl methyl sites for hydroxylation is 1. The Kier molecular flexibility index (Phi) is 4.40. The lowest BCUT2D eigenvalue weighted by Gasteiger charge is -2.15. The third kappa shape index (κ3) is 3.06. The van der Waals surface area contributed by atoms with Crippen molar-refractivity contribution < 1.29 is 9.59 Å². The first-order valence-electron chi connectivity index (χ1n) is 6.63. The number of carbonyl (C=O) groups is 2. The Bertz CT molecular complexity index is 513. The molecule has 0 aromatic heterocycles. The van der Waals surface area contributed by atoms with Gasteiger partial charge in [0, 0.05) is 23.0 Å². The maximum absolute atomic E-state index is 12.4. The van der Waals surface area contributed by atoms with Crippen molar-refractivity contribution in [2.45, 2.75) is 33.1 Å². The maximum Gasteiger partial charge on any atom is 0.260 e. The molecule has 0 bridgehead atoms. The van der Waals surface area contributed by atoms with E-state index in [4.69, 9.17) is 0 Å². The molecule has 1 saturated heterocycles. The predicted molar refractivity (Wildman–Crippen MR) is 77.9 cm³/mol. The lowest BCUT2D eigenvalue weighted by atomic mass is 10.0. The van der Waals surface area contributed by atoms with E-state index in [0.29, 0.717) is 24.4 Å². The van der Waals surface area contributed by atoms with Crippen LogP contribution in [0.4, 0.5) is 0 Å². The molecule has 0 spiro atoms. The van der Waals surface area contributed by atoms with Crippen molar-refractivity contribution in [3.63, 3.8) is 0 Å². The summed E-state index contributed by atoms with van der Waals surface area (Å²) in [7, 11) is 0. The SMILES string of the molecule is CCCC1CC(=O)N(C(=O)c2ccc(C)c(Br)c2)C1. The lowest BCUT2D eigenvalue weighted by molar-refractivity contribution is -0.125. The van der Waals surface area contributed by atoms with Gasteiger partial charge in [0.1, 0.15) is 0 Å². The molecule has 0 saturated carbocycles. The number of hydrogen-bond acceptors (Lipinski definition) is 2. The monoisotopic (exact) mass is 323 g/mol. The molecule has 2 amide bonds. The number of carbonyl (C=O) groups excluding carboxylic acids is 2. The fourth-order valence-corrected chi connectivity index (χ4v) is 2.84. The molecule has 3 nitrogen and oxygen atoms in total. The van der Waals surface area contributed by atoms with Crippen LogP contribution in [0.3, 0.4) is 0 Å². The van der Waals surface area contributed by atoms with Crippen LogP contribution in [-0.2, 0) is 4.79 Å². The van der Waals surface area contributed by atoms with E-state index in [1.165, 1.54) is 4.90 Å². The molecule has 1 aromatic carbocycles. The standard InChI is InChI=1S/C15H18BrNO2/c1-3-4-11-7-14(18)17(9-11)15(19)12-6-5-10(2)13(16)8-12/h5-6,8,11H,3-4,7,9H2,1-2H3. The summed E-state index contributed by atoms with van der Waals surface area (Å²) in [6.45, 7) is 4.64. The van der Waals surface area contributed by atoms with Crippen molar-refractivity contribution >= 4 is 27.7 Å². The molecular weight excluding hydrogens is 306 g/mol. The van der Waals surface area contributed by atoms with Crippen LogP contribution in [-0.4, -0.2) is 23.3 Å². The summed E-state index contributed by atoms with van der Waals surface area (Å²) in [5.41, 5.74) is 1.65. The van der Waals surface area contributed by atoms with Gasteiger partial charge in [-0.3, -0.25) is 14.5 Å². The zero-order chi connectivity index (χ0) is 14.0. The molecule has 1 unspecified atom stereocenters. The van der Waals surface area contributed by atoms with Crippen LogP contribution in [0.1, 0.15) is 42.1 Å². The topological polar surface area (TPSA) is 37.4 Å². The number of rotatable bonds is 3. The Morgan fingerprint density at radius 1 is 1.47 bits per heavy atom. The summed E-state index contributed by atoms with van der Waals surface area (Å²) in [4.78, 5) is 25.7. The van der Waals surface area contributed by atoms with Gasteiger partial charge >= 0.3 is 0 Å². The molecule has 1 aliphatic rings. The Hall–Kier alpha value is -1.16. The average molecular weight is 324 g/mol. The number of benzene rings is 1. The van der Waals surface area contributed by atoms with Gasteiger partial charge < -0.3 is 0 Å². The minimum atomic E-state index is -0.177. The zero-order valence-electron chi connectivity index (χ0n) is 11.3. The van der Waals surface area contributed by atoms with E-state index >= 15 is 0 Å². The smallest absolute Gasteiger partial charge is 0.260 e. The van der Waals surface area contributed by atoms with Gasteiger partial charge in [0.2, 0.25) is 5.91 Å². The van der Waals surface area contributed by atoms with Crippen molar-refractivity contribution in [2.24, 2.45) is 5.92 Å². The first kappa shape index (κ1) is 14.3. The largest absolute Gasteiger partial charge is 0.278 e. The van der Waals surface area contributed by atoms with Gasteiger partial charge in [0.25, 0.3) is 5.91 Å². The number of likely N-dealkylation sites (tertiary alicyclic amines) is 1. The molecule has 1 atom stereocenters. The van der Waals surface area contributed by atoms with Crippen LogP contribution in [0.5, 0.6) is 0 Å². The Balaban J connectivity index is 2.15. The number of imide groups is 1. The van der Waals surface area contributed by atoms with E-state index in [1.807, 2.05) is 13.0 Å². The van der Waals surface area contributed by atoms with Crippen molar-refractivity contribution in [3.05, 3.63) is 33.8 Å². The summed E-state index contributed by atoms with van der Waals surface area (Å²) >= 11 is 3.42. The van der Waals surface area contributed by atoms with Crippen molar-refractivity contribution in [1.82, 2.24) is 4.90 Å². The van der Waals surface area contributed by atoms with E-state index in [-0.39, 0.29) is 11.8 Å². The van der Waals surface area contributed by atoms with Crippen molar-refractivity contribution in [1.29, 1.82) is 0 Å². The fraction of sp³-hybridized carbons (Fsp3) is 0.467. The first-order chi connectivity index (χ1) is 9.02. The molecule has 0 aliphatic carbocycles. The molecule has 19 heavy (non-hydrogen) atoms. The number of halogens is 1. The van der Waals surface area contributed by atoms with E-state index in [2.05, 4.69) is 22.9 Å². The summed E-state index contributed by atoms with van der Waals surface area (Å²) in [5.74, 6) is 0.111. The molecule has 1 heterocycles. The molecule has 0 N–H and O–H groups in total. The second-order valence-electron chi connectivity index (χ2n) is 5.13. The van der Waals surface area contributed by atoms with E-state index in [1.54, 1.807) is 12.1 Å². The second-order valence-corrected chi connectivity index (χ2v) is 5.99. The highest BCUT2D eigenvalue weighted by atomic mass is 79.9. The van der Waals surface area contributed by atoms with E-state index in [0.717, 1.165) is 22.9 Å². The zero-order valence-corrected chi connectivity index (χ0v) is 12.9. The Morgan fingerprint density at radius 3 is 2.84 bits per heavy atom. The molecular formula is C15H18BrNO2. The molecule has 1 fully saturated rings. The van der Waals surface area contributed by atoms with Gasteiger partial charge in [-0.25, -0.2) is 0 Å². The number of nitrogens with zero attached hydrogens (tertiary/aromatic N) is 1. The first-order valence-corrected chi connectivity index (χ1v) is 7.43. The van der Waals surface area contributed by atoms with Crippen LogP contribution in [0.25, 0.3) is 0 Å². The van der Waals surface area contributed by atoms with Gasteiger partial charge in [-0.05, 0) is 37.0 Å². The normalized spacial score (nSPS) is 19.0. The van der Waals surface area contributed by atoms with Crippen LogP contribution in [0.15, 0.2) is 22.7 Å². The van der Waals surface area contributed by atoms with Gasteiger partial charge in [-0.2, -0.15) is 0 Å². The maximum atomic E-state index is 12.4. The Labute approximate surface area is 122 Å². The predicted octanol–water partition coefficient (Wildman–Crippen LogP) is 3.55. The van der Waals surface area contributed by atoms with E-state index < -0.39 is 0 Å². The van der Waals surface area contributed by atoms with Gasteiger partial charge in [-0.1, -0.05) is 35.3 Å². The number of hydrogen-bond donors (Lipinski definition) is 0. The third-order valence-corrected chi connectivity index (χ3v) is 4.42. The summed E-state index contributed by atoms with van der Waals surface area (Å²) in [6, 6.07) is 5.46. The quantitative estimate of drug-likeness (QED) is 0.798. The van der Waals surface area contributed by atoms with Gasteiger partial charge in [-0.15, -0.1) is 0 Å². The van der Waals surface area contributed by atoms with Gasteiger partial charge in [0.05, 0.1) is 0 Å². The highest BCUT2D eigenvalue weighted by molar-refractivity contribution is 9.10. The third-order valence-electron chi connectivity index (χ3n) is 3.57. The average Bonchev–Trinajstić information content (AvgIpc) is 2.73. The second kappa shape index (κ2) is 5.87. The van der Waals surface area contributed by atoms with Crippen LogP contribution in [0.2, 0.25) is 0 Å². The van der Waals surface area contributed by atoms with Gasteiger partial charge in [0.15, 0.2) is 0 Å². The Morgan fingerprint density at radius 2 is 2.21 bits per heavy atom. The highest BCUT2D eigenvalue weighted by Crippen LogP contribution is 2.25.